The van der Waals surface area contributed by atoms with Crippen LogP contribution in [0.4, 0.5) is 16.3 Å². The van der Waals surface area contributed by atoms with Crippen molar-refractivity contribution in [3.63, 3.8) is 0 Å². The summed E-state index contributed by atoms with van der Waals surface area (Å²) in [6.45, 7) is 2.62. The van der Waals surface area contributed by atoms with Crippen molar-refractivity contribution in [1.82, 2.24) is 10.3 Å². The Hall–Kier alpha value is -3.08. The molecular weight excluding hydrogens is 324 g/mol. The standard InChI is InChI=1S/C21H22N4O/c26-21(24-19-9-8-17-5-1-2-6-18(17)13-19)23-15-16-7-10-20(22-14-16)25-11-3-4-12-25/h1-2,5-10,13-14H,3-4,11-12,15H2,(H2,23,24,26). The number of hydrogen-bond donors (Lipinski definition) is 2. The summed E-state index contributed by atoms with van der Waals surface area (Å²) in [6.07, 6.45) is 4.31. The summed E-state index contributed by atoms with van der Waals surface area (Å²) in [6, 6.07) is 17.8. The number of benzene rings is 2. The van der Waals surface area contributed by atoms with Crippen molar-refractivity contribution >= 4 is 28.3 Å². The van der Waals surface area contributed by atoms with Crippen molar-refractivity contribution in [3.05, 3.63) is 66.4 Å². The smallest absolute Gasteiger partial charge is 0.319 e. The van der Waals surface area contributed by atoms with Crippen LogP contribution in [0, 0.1) is 0 Å². The highest BCUT2D eigenvalue weighted by Crippen LogP contribution is 2.19. The Bertz CT molecular complexity index is 901. The van der Waals surface area contributed by atoms with Gasteiger partial charge in [0.25, 0.3) is 0 Å². The molecular formula is C21H22N4O. The Morgan fingerprint density at radius 2 is 1.81 bits per heavy atom. The Balaban J connectivity index is 1.32. The minimum Gasteiger partial charge on any atom is -0.357 e. The molecule has 1 aromatic heterocycles. The zero-order valence-electron chi connectivity index (χ0n) is 14.6. The largest absolute Gasteiger partial charge is 0.357 e. The number of carbonyl (C=O) groups excluding carboxylic acids is 1. The molecule has 5 heteroatoms. The lowest BCUT2D eigenvalue weighted by molar-refractivity contribution is 0.251. The molecule has 0 spiro atoms. The van der Waals surface area contributed by atoms with Gasteiger partial charge in [0.05, 0.1) is 0 Å². The summed E-state index contributed by atoms with van der Waals surface area (Å²) in [5.74, 6) is 1.02. The maximum atomic E-state index is 12.1. The summed E-state index contributed by atoms with van der Waals surface area (Å²) in [5, 5.41) is 8.02. The van der Waals surface area contributed by atoms with Crippen molar-refractivity contribution in [3.8, 4) is 0 Å². The predicted molar refractivity (Wildman–Crippen MR) is 105 cm³/mol. The number of pyridine rings is 1. The van der Waals surface area contributed by atoms with Crippen LogP contribution < -0.4 is 15.5 Å². The number of nitrogens with one attached hydrogen (secondary N) is 2. The average Bonchev–Trinajstić information content (AvgIpc) is 3.21. The molecule has 1 saturated heterocycles. The lowest BCUT2D eigenvalue weighted by Crippen LogP contribution is -2.28. The molecule has 2 heterocycles. The van der Waals surface area contributed by atoms with Crippen LogP contribution >= 0.6 is 0 Å². The molecule has 3 aromatic rings. The Morgan fingerprint density at radius 3 is 2.58 bits per heavy atom. The SMILES string of the molecule is O=C(NCc1ccc(N2CCCC2)nc1)Nc1ccc2ccccc2c1. The van der Waals surface area contributed by atoms with E-state index in [4.69, 9.17) is 0 Å². The number of nitrogens with zero attached hydrogens (tertiary/aromatic N) is 2. The molecule has 2 amide bonds. The zero-order valence-corrected chi connectivity index (χ0v) is 14.6. The van der Waals surface area contributed by atoms with Crippen molar-refractivity contribution < 1.29 is 4.79 Å². The molecule has 0 unspecified atom stereocenters. The van der Waals surface area contributed by atoms with E-state index >= 15 is 0 Å². The number of carbonyl (C=O) groups is 1. The van der Waals surface area contributed by atoms with Crippen LogP contribution in [0.1, 0.15) is 18.4 Å². The van der Waals surface area contributed by atoms with Crippen molar-refractivity contribution in [2.75, 3.05) is 23.3 Å². The summed E-state index contributed by atoms with van der Waals surface area (Å²) in [7, 11) is 0. The summed E-state index contributed by atoms with van der Waals surface area (Å²) >= 11 is 0. The quantitative estimate of drug-likeness (QED) is 0.746. The van der Waals surface area contributed by atoms with E-state index in [1.54, 1.807) is 0 Å². The Morgan fingerprint density at radius 1 is 1.00 bits per heavy atom. The maximum absolute atomic E-state index is 12.1. The maximum Gasteiger partial charge on any atom is 0.319 e. The first kappa shape index (κ1) is 16.4. The van der Waals surface area contributed by atoms with Crippen molar-refractivity contribution in [2.45, 2.75) is 19.4 Å². The van der Waals surface area contributed by atoms with Gasteiger partial charge in [-0.1, -0.05) is 36.4 Å². The third kappa shape index (κ3) is 3.77. The molecule has 0 atom stereocenters. The van der Waals surface area contributed by atoms with Crippen LogP contribution in [-0.4, -0.2) is 24.1 Å². The molecule has 132 valence electrons. The zero-order chi connectivity index (χ0) is 17.8. The van der Waals surface area contributed by atoms with Crippen molar-refractivity contribution in [2.24, 2.45) is 0 Å². The lowest BCUT2D eigenvalue weighted by Gasteiger charge is -2.16. The second kappa shape index (κ2) is 7.44. The van der Waals surface area contributed by atoms with Crippen LogP contribution in [0.5, 0.6) is 0 Å². The fourth-order valence-corrected chi connectivity index (χ4v) is 3.28. The van der Waals surface area contributed by atoms with Crippen LogP contribution in [0.3, 0.4) is 0 Å². The van der Waals surface area contributed by atoms with Gasteiger partial charge < -0.3 is 15.5 Å². The van der Waals surface area contributed by atoms with Gasteiger partial charge in [-0.25, -0.2) is 9.78 Å². The molecule has 1 aliphatic heterocycles. The molecule has 2 N–H and O–H groups in total. The van der Waals surface area contributed by atoms with Crippen LogP contribution in [-0.2, 0) is 6.54 Å². The van der Waals surface area contributed by atoms with E-state index in [0.29, 0.717) is 6.54 Å². The molecule has 2 aromatic carbocycles. The van der Waals surface area contributed by atoms with E-state index in [9.17, 15) is 4.79 Å². The first-order chi connectivity index (χ1) is 12.8. The Kier molecular flexibility index (Phi) is 4.69. The van der Waals surface area contributed by atoms with Gasteiger partial charge in [-0.05, 0) is 47.4 Å². The van der Waals surface area contributed by atoms with Crippen LogP contribution in [0.2, 0.25) is 0 Å². The second-order valence-corrected chi connectivity index (χ2v) is 6.59. The molecule has 0 bridgehead atoms. The molecule has 0 aliphatic carbocycles. The minimum atomic E-state index is -0.219. The van der Waals surface area contributed by atoms with E-state index in [0.717, 1.165) is 40.9 Å². The van der Waals surface area contributed by atoms with Gasteiger partial charge in [-0.3, -0.25) is 0 Å². The highest BCUT2D eigenvalue weighted by Gasteiger charge is 2.13. The molecule has 5 nitrogen and oxygen atoms in total. The number of amides is 2. The van der Waals surface area contributed by atoms with Crippen LogP contribution in [0.25, 0.3) is 10.8 Å². The van der Waals surface area contributed by atoms with E-state index < -0.39 is 0 Å². The number of rotatable bonds is 4. The van der Waals surface area contributed by atoms with Gasteiger partial charge in [-0.2, -0.15) is 0 Å². The summed E-state index contributed by atoms with van der Waals surface area (Å²) in [5.41, 5.74) is 1.77. The monoisotopic (exact) mass is 346 g/mol. The molecule has 0 saturated carbocycles. The summed E-state index contributed by atoms with van der Waals surface area (Å²) in [4.78, 5) is 19.0. The van der Waals surface area contributed by atoms with E-state index in [-0.39, 0.29) is 6.03 Å². The average molecular weight is 346 g/mol. The number of anilines is 2. The first-order valence-electron chi connectivity index (χ1n) is 9.01. The number of aromatic nitrogens is 1. The predicted octanol–water partition coefficient (Wildman–Crippen LogP) is 4.16. The summed E-state index contributed by atoms with van der Waals surface area (Å²) < 4.78 is 0. The van der Waals surface area contributed by atoms with E-state index in [1.807, 2.05) is 54.7 Å². The first-order valence-corrected chi connectivity index (χ1v) is 9.01. The third-order valence-electron chi connectivity index (χ3n) is 4.70. The molecule has 4 rings (SSSR count). The number of urea groups is 1. The Labute approximate surface area is 153 Å². The highest BCUT2D eigenvalue weighted by molar-refractivity contribution is 5.93. The second-order valence-electron chi connectivity index (χ2n) is 6.59. The molecule has 26 heavy (non-hydrogen) atoms. The van der Waals surface area contributed by atoms with Gasteiger partial charge in [0.2, 0.25) is 0 Å². The van der Waals surface area contributed by atoms with Gasteiger partial charge >= 0.3 is 6.03 Å². The number of fused-ring (bicyclic) bond motifs is 1. The fourth-order valence-electron chi connectivity index (χ4n) is 3.28. The normalized spacial score (nSPS) is 13.8. The van der Waals surface area contributed by atoms with Gasteiger partial charge in [-0.15, -0.1) is 0 Å². The molecule has 1 fully saturated rings. The third-order valence-corrected chi connectivity index (χ3v) is 4.70. The van der Waals surface area contributed by atoms with Gasteiger partial charge in [0.15, 0.2) is 0 Å². The van der Waals surface area contributed by atoms with E-state index in [1.165, 1.54) is 12.8 Å². The fraction of sp³-hybridized carbons (Fsp3) is 0.238. The number of hydrogen-bond acceptors (Lipinski definition) is 3. The van der Waals surface area contributed by atoms with Gasteiger partial charge in [0.1, 0.15) is 5.82 Å². The molecule has 0 radical (unpaired) electrons. The van der Waals surface area contributed by atoms with Crippen molar-refractivity contribution in [1.29, 1.82) is 0 Å². The minimum absolute atomic E-state index is 0.219. The highest BCUT2D eigenvalue weighted by atomic mass is 16.2. The lowest BCUT2D eigenvalue weighted by atomic mass is 10.1. The molecule has 1 aliphatic rings. The van der Waals surface area contributed by atoms with Gasteiger partial charge in [0, 0.05) is 31.5 Å². The van der Waals surface area contributed by atoms with E-state index in [2.05, 4.69) is 26.6 Å². The topological polar surface area (TPSA) is 57.3 Å². The van der Waals surface area contributed by atoms with Crippen LogP contribution in [0.15, 0.2) is 60.8 Å².